The van der Waals surface area contributed by atoms with Crippen LogP contribution in [0.5, 0.6) is 0 Å². The molecule has 0 spiro atoms. The third-order valence-electron chi connectivity index (χ3n) is 3.04. The molecule has 1 aliphatic heterocycles. The van der Waals surface area contributed by atoms with Gasteiger partial charge >= 0.3 is 15.2 Å². The van der Waals surface area contributed by atoms with Crippen LogP contribution >= 0.6 is 0 Å². The van der Waals surface area contributed by atoms with Crippen LogP contribution in [-0.2, 0) is 24.1 Å². The van der Waals surface area contributed by atoms with E-state index in [1.54, 1.807) is 35.6 Å². The molecule has 1 saturated heterocycles. The van der Waals surface area contributed by atoms with Crippen molar-refractivity contribution < 1.29 is 13.0 Å². The summed E-state index contributed by atoms with van der Waals surface area (Å²) in [6.07, 6.45) is 5.59. The maximum atomic E-state index is 12.1. The minimum absolute atomic E-state index is 0.260. The molecule has 96 valence electrons. The highest BCUT2D eigenvalue weighted by molar-refractivity contribution is 7.89. The minimum Gasteiger partial charge on any atom is -0.313 e. The highest BCUT2D eigenvalue weighted by atomic mass is 32.2. The third-order valence-corrected chi connectivity index (χ3v) is 4.64. The van der Waals surface area contributed by atoms with Gasteiger partial charge in [0.2, 0.25) is 0 Å². The molecule has 0 bridgehead atoms. The average molecular weight is 259 g/mol. The van der Waals surface area contributed by atoms with Crippen molar-refractivity contribution in [1.29, 1.82) is 0 Å². The van der Waals surface area contributed by atoms with Gasteiger partial charge in [0.25, 0.3) is 0 Å². The molecule has 1 atom stereocenters. The van der Waals surface area contributed by atoms with E-state index < -0.39 is 10.0 Å². The predicted molar refractivity (Wildman–Crippen MR) is 62.8 cm³/mol. The lowest BCUT2D eigenvalue weighted by molar-refractivity contribution is -0.710. The summed E-state index contributed by atoms with van der Waals surface area (Å²) in [6.45, 7) is 1.43. The van der Waals surface area contributed by atoms with Gasteiger partial charge in [0.05, 0.1) is 14.1 Å². The van der Waals surface area contributed by atoms with E-state index >= 15 is 0 Å². The molecule has 2 heterocycles. The van der Waals surface area contributed by atoms with Crippen molar-refractivity contribution in [3.63, 3.8) is 0 Å². The number of sulfonamides is 1. The Bertz CT molecular complexity index is 469. The van der Waals surface area contributed by atoms with Crippen LogP contribution in [0.2, 0.25) is 0 Å². The molecule has 0 unspecified atom stereocenters. The Morgan fingerprint density at radius 2 is 2.41 bits per heavy atom. The number of hydrogen-bond acceptors (Lipinski definition) is 3. The summed E-state index contributed by atoms with van der Waals surface area (Å²) in [6, 6.07) is 0.260. The van der Waals surface area contributed by atoms with Crippen LogP contribution in [0.1, 0.15) is 12.8 Å². The molecule has 7 heteroatoms. The summed E-state index contributed by atoms with van der Waals surface area (Å²) >= 11 is 0. The van der Waals surface area contributed by atoms with E-state index in [2.05, 4.69) is 10.0 Å². The first kappa shape index (κ1) is 12.5. The van der Waals surface area contributed by atoms with Gasteiger partial charge in [-0.25, -0.2) is 13.9 Å². The number of rotatable bonds is 4. The number of imidazole rings is 1. The van der Waals surface area contributed by atoms with Gasteiger partial charge in [0, 0.05) is 12.6 Å². The maximum absolute atomic E-state index is 12.1. The largest absolute Gasteiger partial charge is 0.390 e. The zero-order chi connectivity index (χ0) is 12.5. The Morgan fingerprint density at radius 3 is 2.94 bits per heavy atom. The van der Waals surface area contributed by atoms with E-state index in [9.17, 15) is 8.42 Å². The van der Waals surface area contributed by atoms with Gasteiger partial charge < -0.3 is 5.32 Å². The smallest absolute Gasteiger partial charge is 0.313 e. The fraction of sp³-hybridized carbons (Fsp3) is 0.700. The van der Waals surface area contributed by atoms with Gasteiger partial charge in [-0.05, 0) is 19.4 Å². The Labute approximate surface area is 102 Å². The number of nitrogens with zero attached hydrogens (tertiary/aromatic N) is 2. The van der Waals surface area contributed by atoms with Crippen LogP contribution in [0, 0.1) is 0 Å². The molecular weight excluding hydrogens is 240 g/mol. The molecule has 0 aromatic carbocycles. The van der Waals surface area contributed by atoms with Crippen LogP contribution < -0.4 is 14.6 Å². The zero-order valence-electron chi connectivity index (χ0n) is 10.2. The molecular formula is C10H19N4O2S+. The minimum atomic E-state index is -3.43. The second kappa shape index (κ2) is 4.75. The summed E-state index contributed by atoms with van der Waals surface area (Å²) in [5.74, 6) is 0. The first-order valence-corrected chi connectivity index (χ1v) is 7.23. The van der Waals surface area contributed by atoms with E-state index in [1.807, 2.05) is 0 Å². The van der Waals surface area contributed by atoms with Gasteiger partial charge in [-0.1, -0.05) is 0 Å². The van der Waals surface area contributed by atoms with E-state index in [4.69, 9.17) is 0 Å². The average Bonchev–Trinajstić information content (AvgIpc) is 2.86. The lowest BCUT2D eigenvalue weighted by atomic mass is 10.2. The maximum Gasteiger partial charge on any atom is 0.390 e. The lowest BCUT2D eigenvalue weighted by Gasteiger charge is -2.10. The molecule has 1 fully saturated rings. The fourth-order valence-corrected chi connectivity index (χ4v) is 3.59. The molecule has 0 saturated carbocycles. The van der Waals surface area contributed by atoms with Crippen molar-refractivity contribution in [1.82, 2.24) is 14.6 Å². The van der Waals surface area contributed by atoms with E-state index in [0.717, 1.165) is 19.4 Å². The van der Waals surface area contributed by atoms with E-state index in [1.165, 1.54) is 0 Å². The number of hydrogen-bond donors (Lipinski definition) is 2. The molecule has 1 aromatic rings. The first-order valence-electron chi connectivity index (χ1n) is 5.75. The van der Waals surface area contributed by atoms with Gasteiger partial charge in [-0.2, -0.15) is 8.42 Å². The van der Waals surface area contributed by atoms with Gasteiger partial charge in [0.15, 0.2) is 0 Å². The quantitative estimate of drug-likeness (QED) is 0.673. The molecule has 6 nitrogen and oxygen atoms in total. The monoisotopic (exact) mass is 259 g/mol. The van der Waals surface area contributed by atoms with Crippen LogP contribution in [0.25, 0.3) is 0 Å². The standard InChI is InChI=1S/C10H19N4O2S/c1-13-6-7-14(2)10(13)17(15,16)12-8-9-4-3-5-11-9/h6-7,9,11-12H,3-5,8H2,1-2H3/q+1/t9-/m0/s1. The summed E-state index contributed by atoms with van der Waals surface area (Å²) in [4.78, 5) is 0. The number of aromatic nitrogens is 2. The van der Waals surface area contributed by atoms with Crippen LogP contribution in [0.3, 0.4) is 0 Å². The van der Waals surface area contributed by atoms with Gasteiger partial charge in [0.1, 0.15) is 12.4 Å². The molecule has 0 aliphatic carbocycles. The van der Waals surface area contributed by atoms with Crippen molar-refractivity contribution in [2.45, 2.75) is 24.0 Å². The highest BCUT2D eigenvalue weighted by Crippen LogP contribution is 2.06. The highest BCUT2D eigenvalue weighted by Gasteiger charge is 2.29. The Hall–Kier alpha value is -0.920. The van der Waals surface area contributed by atoms with Crippen LogP contribution in [-0.4, -0.2) is 32.1 Å². The van der Waals surface area contributed by atoms with Gasteiger partial charge in [-0.3, -0.25) is 0 Å². The summed E-state index contributed by atoms with van der Waals surface area (Å²) in [7, 11) is 0.0193. The zero-order valence-corrected chi connectivity index (χ0v) is 11.0. The van der Waals surface area contributed by atoms with Crippen molar-refractivity contribution in [2.24, 2.45) is 14.1 Å². The van der Waals surface area contributed by atoms with Gasteiger partial charge in [-0.15, -0.1) is 0 Å². The second-order valence-electron chi connectivity index (χ2n) is 4.45. The van der Waals surface area contributed by atoms with Crippen molar-refractivity contribution in [3.05, 3.63) is 12.4 Å². The molecule has 0 amide bonds. The SMILES string of the molecule is Cn1cc[n+](C)c1S(=O)(=O)NC[C@@H]1CCCN1. The van der Waals surface area contributed by atoms with Crippen molar-refractivity contribution in [3.8, 4) is 0 Å². The summed E-state index contributed by atoms with van der Waals surface area (Å²) in [5, 5.41) is 3.54. The van der Waals surface area contributed by atoms with Crippen LogP contribution in [0.4, 0.5) is 0 Å². The molecule has 1 aromatic heterocycles. The molecule has 2 N–H and O–H groups in total. The summed E-state index contributed by atoms with van der Waals surface area (Å²) in [5.41, 5.74) is 0. The normalized spacial score (nSPS) is 20.9. The Morgan fingerprint density at radius 1 is 1.65 bits per heavy atom. The fourth-order valence-electron chi connectivity index (χ4n) is 2.16. The molecule has 2 rings (SSSR count). The molecule has 0 radical (unpaired) electrons. The van der Waals surface area contributed by atoms with Crippen LogP contribution in [0.15, 0.2) is 17.6 Å². The first-order chi connectivity index (χ1) is 8.00. The van der Waals surface area contributed by atoms with Crippen molar-refractivity contribution in [2.75, 3.05) is 13.1 Å². The Balaban J connectivity index is 2.08. The number of nitrogens with one attached hydrogen (secondary N) is 2. The Kier molecular flexibility index (Phi) is 3.50. The summed E-state index contributed by atoms with van der Waals surface area (Å²) < 4.78 is 30.1. The molecule has 1 aliphatic rings. The van der Waals surface area contributed by atoms with Crippen molar-refractivity contribution >= 4 is 10.0 Å². The molecule has 17 heavy (non-hydrogen) atoms. The lowest BCUT2D eigenvalue weighted by Crippen LogP contribution is -2.43. The topological polar surface area (TPSA) is 67.0 Å². The van der Waals surface area contributed by atoms with E-state index in [0.29, 0.717) is 6.54 Å². The predicted octanol–water partition coefficient (Wildman–Crippen LogP) is -1.12. The number of aryl methyl sites for hydroxylation is 2. The second-order valence-corrected chi connectivity index (χ2v) is 6.11. The van der Waals surface area contributed by atoms with E-state index in [-0.39, 0.29) is 11.2 Å². The third kappa shape index (κ3) is 2.67.